The summed E-state index contributed by atoms with van der Waals surface area (Å²) in [5.74, 6) is -0.572. The van der Waals surface area contributed by atoms with Crippen molar-refractivity contribution in [2.45, 2.75) is 6.54 Å². The Morgan fingerprint density at radius 1 is 1.19 bits per heavy atom. The first kappa shape index (κ1) is 21.0. The number of likely N-dealkylation sites (N-methyl/N-ethyl adjacent to an activating group) is 1. The van der Waals surface area contributed by atoms with E-state index in [-0.39, 0.29) is 36.1 Å². The number of hydrogen-bond acceptors (Lipinski definition) is 4. The molecule has 1 aromatic carbocycles. The average Bonchev–Trinajstić information content (AvgIpc) is 2.57. The number of halogens is 2. The lowest BCUT2D eigenvalue weighted by atomic mass is 10.2. The molecular formula is C16H24ClFN4O3S. The van der Waals surface area contributed by atoms with Gasteiger partial charge in [0.25, 0.3) is 10.2 Å². The van der Waals surface area contributed by atoms with Crippen molar-refractivity contribution in [3.8, 4) is 0 Å². The van der Waals surface area contributed by atoms with E-state index in [0.29, 0.717) is 19.6 Å². The molecule has 0 bridgehead atoms. The second-order valence-corrected chi connectivity index (χ2v) is 8.92. The van der Waals surface area contributed by atoms with E-state index in [2.05, 4.69) is 0 Å². The van der Waals surface area contributed by atoms with Crippen LogP contribution in [0.3, 0.4) is 0 Å². The molecule has 1 amide bonds. The van der Waals surface area contributed by atoms with Gasteiger partial charge >= 0.3 is 0 Å². The molecule has 0 radical (unpaired) electrons. The molecule has 1 aliphatic rings. The minimum atomic E-state index is -3.77. The molecule has 26 heavy (non-hydrogen) atoms. The summed E-state index contributed by atoms with van der Waals surface area (Å²) in [6.07, 6.45) is 0. The number of benzene rings is 1. The molecule has 1 fully saturated rings. The second kappa shape index (κ2) is 8.62. The molecule has 146 valence electrons. The second-order valence-electron chi connectivity index (χ2n) is 6.48. The third-order valence-electron chi connectivity index (χ3n) is 4.21. The fraction of sp³-hybridized carbons (Fsp3) is 0.562. The normalized spacial score (nSPS) is 16.5. The van der Waals surface area contributed by atoms with Crippen LogP contribution in [0.1, 0.15) is 5.56 Å². The van der Waals surface area contributed by atoms with Gasteiger partial charge in [0.05, 0.1) is 6.54 Å². The van der Waals surface area contributed by atoms with Crippen molar-refractivity contribution in [3.05, 3.63) is 34.6 Å². The van der Waals surface area contributed by atoms with Gasteiger partial charge in [-0.3, -0.25) is 4.79 Å². The van der Waals surface area contributed by atoms with Gasteiger partial charge in [0, 0.05) is 50.4 Å². The van der Waals surface area contributed by atoms with Crippen LogP contribution in [-0.2, 0) is 21.5 Å². The molecule has 0 aliphatic carbocycles. The zero-order valence-corrected chi connectivity index (χ0v) is 16.7. The van der Waals surface area contributed by atoms with E-state index in [0.717, 1.165) is 4.31 Å². The molecule has 1 heterocycles. The summed E-state index contributed by atoms with van der Waals surface area (Å²) in [5.41, 5.74) is 0.139. The minimum absolute atomic E-state index is 0.0291. The van der Waals surface area contributed by atoms with Gasteiger partial charge in [-0.1, -0.05) is 17.7 Å². The standard InChI is InChI=1S/C16H24ClFN4O3S/c1-19(2)12-16(23)21-7-9-22(10-8-21)26(24,25)20(3)11-13-14(17)5-4-6-15(13)18/h4-6H,7-12H2,1-3H3. The lowest BCUT2D eigenvalue weighted by Gasteiger charge is -2.36. The van der Waals surface area contributed by atoms with Crippen LogP contribution < -0.4 is 0 Å². The van der Waals surface area contributed by atoms with Crippen molar-refractivity contribution < 1.29 is 17.6 Å². The van der Waals surface area contributed by atoms with Crippen LogP contribution in [0.4, 0.5) is 4.39 Å². The fourth-order valence-electron chi connectivity index (χ4n) is 2.72. The predicted molar refractivity (Wildman–Crippen MR) is 98.5 cm³/mol. The summed E-state index contributed by atoms with van der Waals surface area (Å²) in [5, 5.41) is 0.186. The maximum Gasteiger partial charge on any atom is 0.282 e. The van der Waals surface area contributed by atoms with Gasteiger partial charge < -0.3 is 9.80 Å². The summed E-state index contributed by atoms with van der Waals surface area (Å²) in [6.45, 7) is 1.21. The molecule has 0 saturated carbocycles. The number of nitrogens with zero attached hydrogens (tertiary/aromatic N) is 4. The molecule has 1 aliphatic heterocycles. The number of hydrogen-bond donors (Lipinski definition) is 0. The molecule has 0 spiro atoms. The zero-order valence-electron chi connectivity index (χ0n) is 15.2. The van der Waals surface area contributed by atoms with E-state index in [1.807, 2.05) is 0 Å². The van der Waals surface area contributed by atoms with Crippen molar-refractivity contribution in [3.63, 3.8) is 0 Å². The lowest BCUT2D eigenvalue weighted by molar-refractivity contribution is -0.133. The first-order chi connectivity index (χ1) is 12.1. The molecule has 1 aromatic rings. The van der Waals surface area contributed by atoms with Crippen molar-refractivity contribution in [2.75, 3.05) is 53.9 Å². The van der Waals surface area contributed by atoms with Gasteiger partial charge in [-0.25, -0.2) is 4.39 Å². The van der Waals surface area contributed by atoms with Crippen LogP contribution in [0.25, 0.3) is 0 Å². The Bertz CT molecular complexity index is 732. The third kappa shape index (κ3) is 4.92. The highest BCUT2D eigenvalue weighted by atomic mass is 35.5. The minimum Gasteiger partial charge on any atom is -0.339 e. The Morgan fingerprint density at radius 3 is 2.35 bits per heavy atom. The molecule has 10 heteroatoms. The van der Waals surface area contributed by atoms with Crippen LogP contribution in [0.2, 0.25) is 5.02 Å². The molecule has 0 N–H and O–H groups in total. The first-order valence-corrected chi connectivity index (χ1v) is 9.97. The molecule has 0 unspecified atom stereocenters. The Hall–Kier alpha value is -1.26. The monoisotopic (exact) mass is 406 g/mol. The summed E-state index contributed by atoms with van der Waals surface area (Å²) in [4.78, 5) is 15.5. The van der Waals surface area contributed by atoms with E-state index < -0.39 is 16.0 Å². The quantitative estimate of drug-likeness (QED) is 0.703. The van der Waals surface area contributed by atoms with Gasteiger partial charge in [-0.05, 0) is 26.2 Å². The van der Waals surface area contributed by atoms with Crippen molar-refractivity contribution >= 4 is 27.7 Å². The number of amides is 1. The summed E-state index contributed by atoms with van der Waals surface area (Å²) < 4.78 is 41.8. The largest absolute Gasteiger partial charge is 0.339 e. The summed E-state index contributed by atoms with van der Waals surface area (Å²) in [6, 6.07) is 4.24. The summed E-state index contributed by atoms with van der Waals surface area (Å²) >= 11 is 5.98. The van der Waals surface area contributed by atoms with Crippen LogP contribution >= 0.6 is 11.6 Å². The van der Waals surface area contributed by atoms with E-state index in [4.69, 9.17) is 11.6 Å². The SMILES string of the molecule is CN(C)CC(=O)N1CCN(S(=O)(=O)N(C)Cc2c(F)cccc2Cl)CC1. The maximum atomic E-state index is 13.9. The smallest absolute Gasteiger partial charge is 0.282 e. The predicted octanol–water partition coefficient (Wildman–Crippen LogP) is 0.862. The van der Waals surface area contributed by atoms with Gasteiger partial charge in [0.1, 0.15) is 5.82 Å². The van der Waals surface area contributed by atoms with Gasteiger partial charge in [0.15, 0.2) is 0 Å². The average molecular weight is 407 g/mol. The van der Waals surface area contributed by atoms with Crippen molar-refractivity contribution in [1.82, 2.24) is 18.4 Å². The first-order valence-electron chi connectivity index (χ1n) is 8.19. The van der Waals surface area contributed by atoms with Gasteiger partial charge in [0.2, 0.25) is 5.91 Å². The van der Waals surface area contributed by atoms with Gasteiger partial charge in [-0.15, -0.1) is 0 Å². The molecule has 1 saturated heterocycles. The topological polar surface area (TPSA) is 64.2 Å². The van der Waals surface area contributed by atoms with Gasteiger partial charge in [-0.2, -0.15) is 17.0 Å². The molecule has 7 nitrogen and oxygen atoms in total. The summed E-state index contributed by atoms with van der Waals surface area (Å²) in [7, 11) is 1.23. The lowest BCUT2D eigenvalue weighted by Crippen LogP contribution is -2.54. The highest BCUT2D eigenvalue weighted by Gasteiger charge is 2.32. The highest BCUT2D eigenvalue weighted by molar-refractivity contribution is 7.86. The Labute approximate surface area is 159 Å². The number of carbonyl (C=O) groups is 1. The molecule has 0 atom stereocenters. The van der Waals surface area contributed by atoms with Crippen molar-refractivity contribution in [1.29, 1.82) is 0 Å². The van der Waals surface area contributed by atoms with Crippen LogP contribution in [0.5, 0.6) is 0 Å². The highest BCUT2D eigenvalue weighted by Crippen LogP contribution is 2.22. The van der Waals surface area contributed by atoms with Crippen LogP contribution in [0.15, 0.2) is 18.2 Å². The van der Waals surface area contributed by atoms with E-state index >= 15 is 0 Å². The van der Waals surface area contributed by atoms with E-state index in [1.54, 1.807) is 23.9 Å². The molecule has 0 aromatic heterocycles. The Kier molecular flexibility index (Phi) is 6.98. The molecular weight excluding hydrogens is 383 g/mol. The third-order valence-corrected chi connectivity index (χ3v) is 6.49. The number of carbonyl (C=O) groups excluding carboxylic acids is 1. The van der Waals surface area contributed by atoms with E-state index in [1.165, 1.54) is 29.6 Å². The van der Waals surface area contributed by atoms with E-state index in [9.17, 15) is 17.6 Å². The van der Waals surface area contributed by atoms with Crippen molar-refractivity contribution in [2.24, 2.45) is 0 Å². The van der Waals surface area contributed by atoms with Crippen LogP contribution in [0, 0.1) is 5.82 Å². The fourth-order valence-corrected chi connectivity index (χ4v) is 4.26. The molecule has 2 rings (SSSR count). The number of rotatable bonds is 6. The van der Waals surface area contributed by atoms with Crippen LogP contribution in [-0.4, -0.2) is 86.6 Å². The zero-order chi connectivity index (χ0) is 19.5. The maximum absolute atomic E-state index is 13.9. The Morgan fingerprint density at radius 2 is 1.81 bits per heavy atom. The number of piperazine rings is 1. The Balaban J connectivity index is 2.01.